The second-order valence-corrected chi connectivity index (χ2v) is 6.62. The van der Waals surface area contributed by atoms with E-state index in [-0.39, 0.29) is 11.9 Å². The van der Waals surface area contributed by atoms with Crippen molar-refractivity contribution in [3.05, 3.63) is 83.8 Å². The third-order valence-corrected chi connectivity index (χ3v) is 4.40. The van der Waals surface area contributed by atoms with Crippen molar-refractivity contribution in [3.8, 4) is 0 Å². The van der Waals surface area contributed by atoms with Gasteiger partial charge in [0.15, 0.2) is 6.10 Å². The van der Waals surface area contributed by atoms with Crippen molar-refractivity contribution in [1.82, 2.24) is 10.3 Å². The number of nitrogens with one attached hydrogen (secondary N) is 1. The fourth-order valence-electron chi connectivity index (χ4n) is 2.76. The molecule has 1 aromatic heterocycles. The summed E-state index contributed by atoms with van der Waals surface area (Å²) in [6.07, 6.45) is 1.81. The maximum atomic E-state index is 13.0. The molecule has 0 aliphatic rings. The van der Waals surface area contributed by atoms with E-state index in [9.17, 15) is 14.0 Å². The summed E-state index contributed by atoms with van der Waals surface area (Å²) in [7, 11) is 0. The first kappa shape index (κ1) is 20.2. The number of benzene rings is 2. The number of halogens is 1. The molecule has 6 heteroatoms. The van der Waals surface area contributed by atoms with E-state index in [0.29, 0.717) is 5.69 Å². The zero-order chi connectivity index (χ0) is 20.8. The highest BCUT2D eigenvalue weighted by molar-refractivity contribution is 5.90. The van der Waals surface area contributed by atoms with Crippen LogP contribution in [0.3, 0.4) is 0 Å². The van der Waals surface area contributed by atoms with Crippen molar-refractivity contribution in [2.75, 3.05) is 0 Å². The summed E-state index contributed by atoms with van der Waals surface area (Å²) in [6.45, 7) is 3.26. The molecule has 5 nitrogen and oxygen atoms in total. The third kappa shape index (κ3) is 5.48. The van der Waals surface area contributed by atoms with E-state index in [2.05, 4.69) is 10.3 Å². The number of rotatable bonds is 6. The fraction of sp³-hybridized carbons (Fsp3) is 0.174. The van der Waals surface area contributed by atoms with Gasteiger partial charge in [0, 0.05) is 11.5 Å². The van der Waals surface area contributed by atoms with Gasteiger partial charge in [0.05, 0.1) is 17.3 Å². The van der Waals surface area contributed by atoms with Gasteiger partial charge >= 0.3 is 5.97 Å². The topological polar surface area (TPSA) is 68.3 Å². The molecule has 0 spiro atoms. The molecule has 3 aromatic rings. The standard InChI is InChI=1S/C23H21FN2O3/c1-15(17-7-10-19(24)11-8-17)25-23(28)16(2)29-22(27)14-13-20-12-9-18-5-3-4-6-21(18)26-20/h3-16H,1-2H3,(H,25,28). The lowest BCUT2D eigenvalue weighted by Crippen LogP contribution is -2.37. The Hall–Kier alpha value is -3.54. The Morgan fingerprint density at radius 3 is 2.52 bits per heavy atom. The highest BCUT2D eigenvalue weighted by atomic mass is 19.1. The van der Waals surface area contributed by atoms with Crippen LogP contribution in [0.4, 0.5) is 4.39 Å². The van der Waals surface area contributed by atoms with E-state index in [1.807, 2.05) is 30.3 Å². The third-order valence-electron chi connectivity index (χ3n) is 4.40. The molecule has 0 bridgehead atoms. The second-order valence-electron chi connectivity index (χ2n) is 6.62. The van der Waals surface area contributed by atoms with E-state index in [1.54, 1.807) is 31.2 Å². The maximum Gasteiger partial charge on any atom is 0.331 e. The van der Waals surface area contributed by atoms with Gasteiger partial charge < -0.3 is 10.1 Å². The molecule has 0 aliphatic carbocycles. The highest BCUT2D eigenvalue weighted by Gasteiger charge is 2.19. The molecule has 148 valence electrons. The van der Waals surface area contributed by atoms with Gasteiger partial charge in [-0.3, -0.25) is 4.79 Å². The molecule has 1 amide bonds. The van der Waals surface area contributed by atoms with Crippen molar-refractivity contribution in [3.63, 3.8) is 0 Å². The van der Waals surface area contributed by atoms with Gasteiger partial charge in [0.25, 0.3) is 5.91 Å². The molecule has 0 fully saturated rings. The van der Waals surface area contributed by atoms with Crippen molar-refractivity contribution in [1.29, 1.82) is 0 Å². The Morgan fingerprint density at radius 2 is 1.76 bits per heavy atom. The molecule has 0 radical (unpaired) electrons. The van der Waals surface area contributed by atoms with Crippen LogP contribution < -0.4 is 5.32 Å². The van der Waals surface area contributed by atoms with Crippen molar-refractivity contribution >= 4 is 28.9 Å². The maximum absolute atomic E-state index is 13.0. The summed E-state index contributed by atoms with van der Waals surface area (Å²) < 4.78 is 18.2. The van der Waals surface area contributed by atoms with Gasteiger partial charge in [-0.25, -0.2) is 14.2 Å². The molecule has 3 rings (SSSR count). The number of hydrogen-bond donors (Lipinski definition) is 1. The second kappa shape index (κ2) is 9.10. The largest absolute Gasteiger partial charge is 0.449 e. The summed E-state index contributed by atoms with van der Waals surface area (Å²) in [5.41, 5.74) is 2.19. The first-order valence-electron chi connectivity index (χ1n) is 9.23. The number of carbonyl (C=O) groups is 2. The number of ether oxygens (including phenoxy) is 1. The van der Waals surface area contributed by atoms with Gasteiger partial charge in [-0.15, -0.1) is 0 Å². The summed E-state index contributed by atoms with van der Waals surface area (Å²) in [6, 6.07) is 16.9. The zero-order valence-corrected chi connectivity index (χ0v) is 16.1. The molecule has 0 saturated carbocycles. The minimum atomic E-state index is -0.973. The van der Waals surface area contributed by atoms with Crippen LogP contribution in [0.2, 0.25) is 0 Å². The van der Waals surface area contributed by atoms with Gasteiger partial charge in [0.2, 0.25) is 0 Å². The minimum absolute atomic E-state index is 0.345. The molecule has 0 saturated heterocycles. The smallest absolute Gasteiger partial charge is 0.331 e. The summed E-state index contributed by atoms with van der Waals surface area (Å²) in [5.74, 6) is -1.42. The summed E-state index contributed by atoms with van der Waals surface area (Å²) in [5, 5.41) is 3.75. The molecule has 1 N–H and O–H groups in total. The molecular weight excluding hydrogens is 371 g/mol. The first-order chi connectivity index (χ1) is 13.9. The van der Waals surface area contributed by atoms with E-state index in [4.69, 9.17) is 4.74 Å². The Bertz CT molecular complexity index is 1050. The van der Waals surface area contributed by atoms with E-state index in [1.165, 1.54) is 25.1 Å². The normalized spacial score (nSPS) is 13.2. The summed E-state index contributed by atoms with van der Waals surface area (Å²) in [4.78, 5) is 28.7. The van der Waals surface area contributed by atoms with Gasteiger partial charge in [-0.2, -0.15) is 0 Å². The van der Waals surface area contributed by atoms with Crippen LogP contribution in [-0.4, -0.2) is 23.0 Å². The molecule has 2 atom stereocenters. The number of carbonyl (C=O) groups excluding carboxylic acids is 2. The van der Waals surface area contributed by atoms with Crippen molar-refractivity contribution in [2.45, 2.75) is 26.0 Å². The van der Waals surface area contributed by atoms with Crippen LogP contribution in [0.1, 0.15) is 31.1 Å². The van der Waals surface area contributed by atoms with Gasteiger partial charge in [-0.1, -0.05) is 36.4 Å². The number of esters is 1. The Morgan fingerprint density at radius 1 is 1.03 bits per heavy atom. The monoisotopic (exact) mass is 392 g/mol. The summed E-state index contributed by atoms with van der Waals surface area (Å²) >= 11 is 0. The lowest BCUT2D eigenvalue weighted by atomic mass is 10.1. The average Bonchev–Trinajstić information content (AvgIpc) is 2.72. The van der Waals surface area contributed by atoms with Crippen molar-refractivity contribution in [2.24, 2.45) is 0 Å². The first-order valence-corrected chi connectivity index (χ1v) is 9.23. The molecule has 1 heterocycles. The molecule has 2 unspecified atom stereocenters. The molecule has 2 aromatic carbocycles. The number of fused-ring (bicyclic) bond motifs is 1. The molecule has 0 aliphatic heterocycles. The molecule has 29 heavy (non-hydrogen) atoms. The van der Waals surface area contributed by atoms with E-state index in [0.717, 1.165) is 16.5 Å². The van der Waals surface area contributed by atoms with Crippen LogP contribution >= 0.6 is 0 Å². The van der Waals surface area contributed by atoms with Crippen molar-refractivity contribution < 1.29 is 18.7 Å². The average molecular weight is 392 g/mol. The predicted octanol–water partition coefficient (Wildman–Crippen LogP) is 4.20. The number of nitrogens with zero attached hydrogens (tertiary/aromatic N) is 1. The SMILES string of the molecule is CC(OC(=O)C=Cc1ccc2ccccc2n1)C(=O)NC(C)c1ccc(F)cc1. The number of pyridine rings is 1. The van der Waals surface area contributed by atoms with E-state index >= 15 is 0 Å². The predicted molar refractivity (Wildman–Crippen MR) is 109 cm³/mol. The fourth-order valence-corrected chi connectivity index (χ4v) is 2.76. The minimum Gasteiger partial charge on any atom is -0.449 e. The number of para-hydroxylation sites is 1. The molecular formula is C23H21FN2O3. The van der Waals surface area contributed by atoms with Crippen LogP contribution in [0, 0.1) is 5.82 Å². The van der Waals surface area contributed by atoms with E-state index < -0.39 is 18.0 Å². The number of amides is 1. The lowest BCUT2D eigenvalue weighted by molar-refractivity contribution is -0.150. The van der Waals surface area contributed by atoms with Gasteiger partial charge in [0.1, 0.15) is 5.82 Å². The van der Waals surface area contributed by atoms with Crippen LogP contribution in [0.5, 0.6) is 0 Å². The Balaban J connectivity index is 1.55. The Labute approximate surface area is 168 Å². The van der Waals surface area contributed by atoms with Crippen LogP contribution in [0.15, 0.2) is 66.7 Å². The number of hydrogen-bond acceptors (Lipinski definition) is 4. The Kier molecular flexibility index (Phi) is 6.34. The number of aromatic nitrogens is 1. The van der Waals surface area contributed by atoms with Crippen LogP contribution in [-0.2, 0) is 14.3 Å². The lowest BCUT2D eigenvalue weighted by Gasteiger charge is -2.17. The van der Waals surface area contributed by atoms with Gasteiger partial charge in [-0.05, 0) is 49.8 Å². The highest BCUT2D eigenvalue weighted by Crippen LogP contribution is 2.14. The zero-order valence-electron chi connectivity index (χ0n) is 16.1. The van der Waals surface area contributed by atoms with Crippen LogP contribution in [0.25, 0.3) is 17.0 Å². The quantitative estimate of drug-likeness (QED) is 0.504.